The third-order valence-corrected chi connectivity index (χ3v) is 3.59. The van der Waals surface area contributed by atoms with E-state index in [-0.39, 0.29) is 11.9 Å². The van der Waals surface area contributed by atoms with Gasteiger partial charge in [0.25, 0.3) is 0 Å². The quantitative estimate of drug-likeness (QED) is 0.377. The maximum absolute atomic E-state index is 12.0. The molecule has 1 aliphatic rings. The number of rotatable bonds is 9. The van der Waals surface area contributed by atoms with Gasteiger partial charge < -0.3 is 9.47 Å². The number of esters is 1. The van der Waals surface area contributed by atoms with Crippen molar-refractivity contribution in [2.75, 3.05) is 6.61 Å². The first kappa shape index (κ1) is 16.3. The predicted molar refractivity (Wildman–Crippen MR) is 88.1 cm³/mol. The highest BCUT2D eigenvalue weighted by Gasteiger charge is 2.18. The Hall–Kier alpha value is -2.03. The van der Waals surface area contributed by atoms with E-state index in [0.717, 1.165) is 6.42 Å². The minimum absolute atomic E-state index is 0.274. The van der Waals surface area contributed by atoms with Crippen LogP contribution in [0.1, 0.15) is 39.0 Å². The second kappa shape index (κ2) is 9.08. The molecule has 22 heavy (non-hydrogen) atoms. The van der Waals surface area contributed by atoms with Gasteiger partial charge in [0, 0.05) is 0 Å². The summed E-state index contributed by atoms with van der Waals surface area (Å²) in [5, 5.41) is 0. The number of carbonyl (C=O) groups is 1. The molecule has 3 heteroatoms. The first-order valence-electron chi connectivity index (χ1n) is 8.09. The van der Waals surface area contributed by atoms with Crippen molar-refractivity contribution in [2.24, 2.45) is 5.92 Å². The second-order valence-electron chi connectivity index (χ2n) is 5.43. The normalized spacial score (nSPS) is 13.5. The molecule has 0 aliphatic heterocycles. The van der Waals surface area contributed by atoms with Gasteiger partial charge in [-0.25, -0.2) is 0 Å². The highest BCUT2D eigenvalue weighted by atomic mass is 16.6. The predicted octanol–water partition coefficient (Wildman–Crippen LogP) is 4.68. The SMILES string of the molecule is CCCCCCCOc1ccccc1OC(=O)C1C=CC=C1. The minimum Gasteiger partial charge on any atom is -0.490 e. The summed E-state index contributed by atoms with van der Waals surface area (Å²) in [7, 11) is 0. The summed E-state index contributed by atoms with van der Waals surface area (Å²) in [5.41, 5.74) is 0. The molecule has 118 valence electrons. The Kier molecular flexibility index (Phi) is 6.75. The summed E-state index contributed by atoms with van der Waals surface area (Å²) in [6.45, 7) is 2.86. The Morgan fingerprint density at radius 1 is 1.00 bits per heavy atom. The molecular weight excluding hydrogens is 276 g/mol. The van der Waals surface area contributed by atoms with Gasteiger partial charge in [0.1, 0.15) is 0 Å². The number of allylic oxidation sites excluding steroid dienone is 2. The van der Waals surface area contributed by atoms with E-state index in [2.05, 4.69) is 6.92 Å². The van der Waals surface area contributed by atoms with Gasteiger partial charge in [-0.2, -0.15) is 0 Å². The molecule has 0 spiro atoms. The van der Waals surface area contributed by atoms with E-state index in [1.807, 2.05) is 42.5 Å². The van der Waals surface area contributed by atoms with E-state index < -0.39 is 0 Å². The molecule has 3 nitrogen and oxygen atoms in total. The molecule has 0 saturated heterocycles. The molecule has 1 aromatic rings. The van der Waals surface area contributed by atoms with Crippen LogP contribution >= 0.6 is 0 Å². The lowest BCUT2D eigenvalue weighted by Crippen LogP contribution is -2.16. The van der Waals surface area contributed by atoms with E-state index in [1.165, 1.54) is 25.7 Å². The van der Waals surface area contributed by atoms with Crippen LogP contribution in [0.4, 0.5) is 0 Å². The van der Waals surface area contributed by atoms with E-state index in [0.29, 0.717) is 18.1 Å². The molecule has 0 bridgehead atoms. The number of hydrogen-bond donors (Lipinski definition) is 0. The molecule has 0 saturated carbocycles. The summed E-state index contributed by atoms with van der Waals surface area (Å²) in [6, 6.07) is 7.35. The smallest absolute Gasteiger partial charge is 0.322 e. The van der Waals surface area contributed by atoms with Crippen LogP contribution in [0.5, 0.6) is 11.5 Å². The second-order valence-corrected chi connectivity index (χ2v) is 5.43. The average molecular weight is 300 g/mol. The molecule has 1 aromatic carbocycles. The number of ether oxygens (including phenoxy) is 2. The van der Waals surface area contributed by atoms with Crippen molar-refractivity contribution in [1.29, 1.82) is 0 Å². The summed E-state index contributed by atoms with van der Waals surface area (Å²) in [6.07, 6.45) is 13.3. The summed E-state index contributed by atoms with van der Waals surface area (Å²) in [4.78, 5) is 12.0. The highest BCUT2D eigenvalue weighted by Crippen LogP contribution is 2.28. The number of para-hydroxylation sites is 2. The highest BCUT2D eigenvalue weighted by molar-refractivity contribution is 5.80. The van der Waals surface area contributed by atoms with Crippen molar-refractivity contribution in [3.63, 3.8) is 0 Å². The van der Waals surface area contributed by atoms with Gasteiger partial charge in [-0.3, -0.25) is 4.79 Å². The lowest BCUT2D eigenvalue weighted by atomic mass is 10.2. The van der Waals surface area contributed by atoms with Crippen LogP contribution in [-0.4, -0.2) is 12.6 Å². The van der Waals surface area contributed by atoms with Crippen molar-refractivity contribution in [3.8, 4) is 11.5 Å². The first-order valence-corrected chi connectivity index (χ1v) is 8.09. The Balaban J connectivity index is 1.82. The fourth-order valence-corrected chi connectivity index (χ4v) is 2.31. The van der Waals surface area contributed by atoms with Crippen molar-refractivity contribution in [3.05, 3.63) is 48.6 Å². The van der Waals surface area contributed by atoms with E-state index in [1.54, 1.807) is 6.07 Å². The average Bonchev–Trinajstić information content (AvgIpc) is 3.07. The van der Waals surface area contributed by atoms with E-state index in [9.17, 15) is 4.79 Å². The molecule has 0 unspecified atom stereocenters. The van der Waals surface area contributed by atoms with Gasteiger partial charge in [-0.15, -0.1) is 0 Å². The monoisotopic (exact) mass is 300 g/mol. The lowest BCUT2D eigenvalue weighted by Gasteiger charge is -2.12. The van der Waals surface area contributed by atoms with Crippen LogP contribution in [0, 0.1) is 5.92 Å². The third-order valence-electron chi connectivity index (χ3n) is 3.59. The van der Waals surface area contributed by atoms with Crippen LogP contribution in [0.2, 0.25) is 0 Å². The standard InChI is InChI=1S/C19H24O3/c1-2-3-4-5-10-15-21-17-13-8-9-14-18(17)22-19(20)16-11-6-7-12-16/h6-9,11-14,16H,2-5,10,15H2,1H3. The Morgan fingerprint density at radius 3 is 2.41 bits per heavy atom. The Morgan fingerprint density at radius 2 is 1.68 bits per heavy atom. The zero-order valence-corrected chi connectivity index (χ0v) is 13.2. The number of benzene rings is 1. The van der Waals surface area contributed by atoms with Crippen molar-refractivity contribution < 1.29 is 14.3 Å². The lowest BCUT2D eigenvalue weighted by molar-refractivity contribution is -0.136. The van der Waals surface area contributed by atoms with Crippen molar-refractivity contribution >= 4 is 5.97 Å². The van der Waals surface area contributed by atoms with E-state index in [4.69, 9.17) is 9.47 Å². The maximum Gasteiger partial charge on any atom is 0.322 e. The molecule has 0 fully saturated rings. The largest absolute Gasteiger partial charge is 0.490 e. The topological polar surface area (TPSA) is 35.5 Å². The molecule has 0 atom stereocenters. The molecule has 0 radical (unpaired) electrons. The zero-order valence-electron chi connectivity index (χ0n) is 13.2. The van der Waals surface area contributed by atoms with Gasteiger partial charge in [-0.05, 0) is 18.6 Å². The molecular formula is C19H24O3. The molecule has 0 amide bonds. The van der Waals surface area contributed by atoms with Gasteiger partial charge >= 0.3 is 5.97 Å². The summed E-state index contributed by atoms with van der Waals surface area (Å²) >= 11 is 0. The van der Waals surface area contributed by atoms with Crippen LogP contribution in [0.25, 0.3) is 0 Å². The van der Waals surface area contributed by atoms with Crippen molar-refractivity contribution in [2.45, 2.75) is 39.0 Å². The third kappa shape index (κ3) is 5.06. The fraction of sp³-hybridized carbons (Fsp3) is 0.421. The molecule has 2 rings (SSSR count). The minimum atomic E-state index is -0.290. The van der Waals surface area contributed by atoms with Gasteiger partial charge in [-0.1, -0.05) is 69.0 Å². The molecule has 0 heterocycles. The number of carbonyl (C=O) groups excluding carboxylic acids is 1. The molecule has 1 aliphatic carbocycles. The van der Waals surface area contributed by atoms with E-state index >= 15 is 0 Å². The number of hydrogen-bond acceptors (Lipinski definition) is 3. The first-order chi connectivity index (χ1) is 10.8. The maximum atomic E-state index is 12.0. The molecule has 0 N–H and O–H groups in total. The van der Waals surface area contributed by atoms with Gasteiger partial charge in [0.05, 0.1) is 12.5 Å². The number of unbranched alkanes of at least 4 members (excludes halogenated alkanes) is 4. The van der Waals surface area contributed by atoms with Crippen LogP contribution < -0.4 is 9.47 Å². The Labute approximate surface area is 132 Å². The van der Waals surface area contributed by atoms with Crippen LogP contribution in [0.3, 0.4) is 0 Å². The van der Waals surface area contributed by atoms with Gasteiger partial charge in [0.15, 0.2) is 11.5 Å². The molecule has 0 aromatic heterocycles. The van der Waals surface area contributed by atoms with Crippen LogP contribution in [0.15, 0.2) is 48.6 Å². The Bertz CT molecular complexity index is 519. The summed E-state index contributed by atoms with van der Waals surface area (Å²) in [5.74, 6) is 0.568. The summed E-state index contributed by atoms with van der Waals surface area (Å²) < 4.78 is 11.2. The zero-order chi connectivity index (χ0) is 15.6. The fourth-order valence-electron chi connectivity index (χ4n) is 2.31. The van der Waals surface area contributed by atoms with Crippen LogP contribution in [-0.2, 0) is 4.79 Å². The van der Waals surface area contributed by atoms with Gasteiger partial charge in [0.2, 0.25) is 0 Å². The van der Waals surface area contributed by atoms with Crippen molar-refractivity contribution in [1.82, 2.24) is 0 Å².